The van der Waals surface area contributed by atoms with Crippen LogP contribution >= 0.6 is 0 Å². The van der Waals surface area contributed by atoms with Gasteiger partial charge in [0.15, 0.2) is 11.5 Å². The monoisotopic (exact) mass is 394 g/mol. The van der Waals surface area contributed by atoms with Gasteiger partial charge in [0, 0.05) is 0 Å². The number of benzene rings is 1. The maximum absolute atomic E-state index is 11.1. The average Bonchev–Trinajstić information content (AvgIpc) is 2.60. The lowest BCUT2D eigenvalue weighted by molar-refractivity contribution is -0.148. The van der Waals surface area contributed by atoms with Gasteiger partial charge in [-0.2, -0.15) is 0 Å². The number of aryl methyl sites for hydroxylation is 2. The molecule has 0 unspecified atom stereocenters. The molecule has 4 N–H and O–H groups in total. The quantitative estimate of drug-likeness (QED) is 0.300. The van der Waals surface area contributed by atoms with Crippen molar-refractivity contribution in [3.05, 3.63) is 23.3 Å². The molecule has 0 aliphatic rings. The summed E-state index contributed by atoms with van der Waals surface area (Å²) in [4.78, 5) is 22.2. The van der Waals surface area contributed by atoms with Gasteiger partial charge in [0.25, 0.3) is 0 Å². The second-order valence-electron chi connectivity index (χ2n) is 8.87. The summed E-state index contributed by atoms with van der Waals surface area (Å²) in [6.45, 7) is 6.80. The normalized spacial score (nSPS) is 12.1. The molecule has 6 nitrogen and oxygen atoms in total. The fourth-order valence-electron chi connectivity index (χ4n) is 3.05. The van der Waals surface area contributed by atoms with Gasteiger partial charge in [-0.05, 0) is 77.3 Å². The third kappa shape index (κ3) is 6.73. The maximum atomic E-state index is 11.1. The molecule has 6 heteroatoms. The van der Waals surface area contributed by atoms with Crippen molar-refractivity contribution in [1.82, 2.24) is 0 Å². The van der Waals surface area contributed by atoms with Gasteiger partial charge in [0.2, 0.25) is 0 Å². The van der Waals surface area contributed by atoms with Crippen molar-refractivity contribution in [1.29, 1.82) is 0 Å². The van der Waals surface area contributed by atoms with E-state index in [1.54, 1.807) is 39.8 Å². The van der Waals surface area contributed by atoms with Gasteiger partial charge in [0.05, 0.1) is 10.8 Å². The van der Waals surface area contributed by atoms with E-state index in [-0.39, 0.29) is 11.5 Å². The first-order valence-electron chi connectivity index (χ1n) is 9.88. The molecule has 0 aliphatic carbocycles. The van der Waals surface area contributed by atoms with E-state index in [9.17, 15) is 19.8 Å². The Labute approximate surface area is 167 Å². The Morgan fingerprint density at radius 2 is 1.04 bits per heavy atom. The molecule has 0 spiro atoms. The topological polar surface area (TPSA) is 115 Å². The summed E-state index contributed by atoms with van der Waals surface area (Å²) >= 11 is 0. The Balaban J connectivity index is 2.54. The van der Waals surface area contributed by atoms with E-state index in [1.165, 1.54) is 0 Å². The van der Waals surface area contributed by atoms with Crippen molar-refractivity contribution in [2.75, 3.05) is 0 Å². The lowest BCUT2D eigenvalue weighted by Gasteiger charge is -2.19. The fraction of sp³-hybridized carbons (Fsp3) is 0.636. The van der Waals surface area contributed by atoms with Crippen LogP contribution in [0.5, 0.6) is 11.5 Å². The van der Waals surface area contributed by atoms with Crippen LogP contribution in [0.2, 0.25) is 0 Å². The first-order valence-corrected chi connectivity index (χ1v) is 9.88. The van der Waals surface area contributed by atoms with Gasteiger partial charge in [-0.1, -0.05) is 25.0 Å². The number of carbonyl (C=O) groups is 2. The number of rotatable bonds is 12. The number of phenols is 2. The first-order chi connectivity index (χ1) is 12.9. The summed E-state index contributed by atoms with van der Waals surface area (Å²) in [6.07, 6.45) is 5.16. The van der Waals surface area contributed by atoms with Crippen molar-refractivity contribution < 1.29 is 30.0 Å². The minimum absolute atomic E-state index is 0.110. The van der Waals surface area contributed by atoms with Crippen molar-refractivity contribution in [2.45, 2.75) is 79.1 Å². The number of unbranched alkanes of at least 4 members (excludes halogenated alkanes) is 2. The van der Waals surface area contributed by atoms with Gasteiger partial charge < -0.3 is 20.4 Å². The fourth-order valence-corrected chi connectivity index (χ4v) is 3.05. The highest BCUT2D eigenvalue weighted by atomic mass is 16.4. The van der Waals surface area contributed by atoms with E-state index in [4.69, 9.17) is 10.2 Å². The van der Waals surface area contributed by atoms with E-state index < -0.39 is 22.8 Å². The molecule has 0 amide bonds. The van der Waals surface area contributed by atoms with Gasteiger partial charge >= 0.3 is 11.9 Å². The van der Waals surface area contributed by atoms with Crippen LogP contribution in [0.25, 0.3) is 0 Å². The second-order valence-corrected chi connectivity index (χ2v) is 8.87. The molecule has 0 aliphatic heterocycles. The molecular formula is C22H34O6. The molecule has 0 bridgehead atoms. The summed E-state index contributed by atoms with van der Waals surface area (Å²) in [5.74, 6) is -1.85. The van der Waals surface area contributed by atoms with Gasteiger partial charge in [0.1, 0.15) is 0 Å². The molecule has 0 fully saturated rings. The second kappa shape index (κ2) is 9.80. The molecule has 0 saturated carbocycles. The van der Waals surface area contributed by atoms with Gasteiger partial charge in [-0.25, -0.2) is 0 Å². The highest BCUT2D eigenvalue weighted by Gasteiger charge is 2.27. The largest absolute Gasteiger partial charge is 0.504 e. The minimum Gasteiger partial charge on any atom is -0.504 e. The van der Waals surface area contributed by atoms with Crippen LogP contribution in [0.1, 0.15) is 77.3 Å². The van der Waals surface area contributed by atoms with Crippen molar-refractivity contribution in [2.24, 2.45) is 10.8 Å². The summed E-state index contributed by atoms with van der Waals surface area (Å²) in [5, 5.41) is 38.8. The maximum Gasteiger partial charge on any atom is 0.309 e. The molecule has 28 heavy (non-hydrogen) atoms. The first kappa shape index (κ1) is 23.8. The van der Waals surface area contributed by atoms with Crippen LogP contribution in [-0.2, 0) is 22.4 Å². The summed E-state index contributed by atoms with van der Waals surface area (Å²) < 4.78 is 0. The van der Waals surface area contributed by atoms with Crippen LogP contribution in [0.15, 0.2) is 12.1 Å². The number of hydrogen-bond acceptors (Lipinski definition) is 4. The number of carboxylic acids is 2. The predicted octanol–water partition coefficient (Wildman–Crippen LogP) is 4.75. The van der Waals surface area contributed by atoms with Crippen LogP contribution in [0, 0.1) is 10.8 Å². The predicted molar refractivity (Wildman–Crippen MR) is 108 cm³/mol. The molecule has 1 aromatic carbocycles. The molecule has 1 aromatic rings. The molecular weight excluding hydrogens is 360 g/mol. The molecule has 0 radical (unpaired) electrons. The Morgan fingerprint density at radius 1 is 0.714 bits per heavy atom. The van der Waals surface area contributed by atoms with Crippen LogP contribution < -0.4 is 0 Å². The third-order valence-electron chi connectivity index (χ3n) is 5.47. The SMILES string of the molecule is CC(C)(CCCCc1ccc(CCCCC(C)(C)C(=O)O)c(O)c1O)C(=O)O. The number of hydrogen-bond donors (Lipinski definition) is 4. The Bertz CT molecular complexity index is 632. The minimum atomic E-state index is -0.816. The molecule has 158 valence electrons. The number of phenolic OH excluding ortho intramolecular Hbond substituents is 2. The van der Waals surface area contributed by atoms with E-state index in [1.807, 2.05) is 0 Å². The van der Waals surface area contributed by atoms with Crippen molar-refractivity contribution in [3.63, 3.8) is 0 Å². The van der Waals surface area contributed by atoms with E-state index in [0.717, 1.165) is 25.7 Å². The Kier molecular flexibility index (Phi) is 8.33. The van der Waals surface area contributed by atoms with Gasteiger partial charge in [-0.3, -0.25) is 9.59 Å². The molecule has 0 heterocycles. The van der Waals surface area contributed by atoms with Crippen molar-refractivity contribution >= 4 is 11.9 Å². The highest BCUT2D eigenvalue weighted by Crippen LogP contribution is 2.35. The lowest BCUT2D eigenvalue weighted by Crippen LogP contribution is -2.23. The van der Waals surface area contributed by atoms with Crippen LogP contribution in [-0.4, -0.2) is 32.4 Å². The zero-order valence-electron chi connectivity index (χ0n) is 17.4. The summed E-state index contributed by atoms with van der Waals surface area (Å²) in [6, 6.07) is 3.60. The third-order valence-corrected chi connectivity index (χ3v) is 5.47. The van der Waals surface area contributed by atoms with E-state index >= 15 is 0 Å². The smallest absolute Gasteiger partial charge is 0.309 e. The Morgan fingerprint density at radius 3 is 1.32 bits per heavy atom. The summed E-state index contributed by atoms with van der Waals surface area (Å²) in [7, 11) is 0. The standard InChI is InChI=1S/C22H34O6/c1-21(2,19(25)26)13-7-5-9-15-11-12-16(18(24)17(15)23)10-6-8-14-22(3,4)20(27)28/h11-12,23-24H,5-10,13-14H2,1-4H3,(H,25,26)(H,27,28). The zero-order valence-corrected chi connectivity index (χ0v) is 17.4. The molecule has 0 atom stereocenters. The Hall–Kier alpha value is -2.24. The van der Waals surface area contributed by atoms with Gasteiger partial charge in [-0.15, -0.1) is 0 Å². The zero-order chi connectivity index (χ0) is 21.5. The van der Waals surface area contributed by atoms with Crippen LogP contribution in [0.4, 0.5) is 0 Å². The van der Waals surface area contributed by atoms with E-state index in [0.29, 0.717) is 36.8 Å². The number of carboxylic acid groups (broad SMARTS) is 2. The van der Waals surface area contributed by atoms with Crippen molar-refractivity contribution in [3.8, 4) is 11.5 Å². The summed E-state index contributed by atoms with van der Waals surface area (Å²) in [5.41, 5.74) is -0.213. The number of aliphatic carboxylic acids is 2. The molecule has 1 rings (SSSR count). The van der Waals surface area contributed by atoms with Crippen LogP contribution in [0.3, 0.4) is 0 Å². The number of aromatic hydroxyl groups is 2. The molecule has 0 aromatic heterocycles. The van der Waals surface area contributed by atoms with E-state index in [2.05, 4.69) is 0 Å². The molecule has 0 saturated heterocycles. The lowest BCUT2D eigenvalue weighted by atomic mass is 9.86. The average molecular weight is 395 g/mol. The highest BCUT2D eigenvalue weighted by molar-refractivity contribution is 5.73.